The molecule has 0 atom stereocenters. The van der Waals surface area contributed by atoms with Crippen molar-refractivity contribution in [1.29, 1.82) is 0 Å². The number of likely N-dealkylation sites (N-methyl/N-ethyl adjacent to an activating group) is 1. The molecule has 1 aromatic heterocycles. The Morgan fingerprint density at radius 1 is 1.04 bits per heavy atom. The van der Waals surface area contributed by atoms with Crippen LogP contribution in [0.4, 0.5) is 0 Å². The maximum atomic E-state index is 12.6. The van der Waals surface area contributed by atoms with Gasteiger partial charge in [-0.1, -0.05) is 48.0 Å². The molecule has 0 aliphatic carbocycles. The standard InChI is InChI=1S/C21H20N2O3/c1-14-8-10-15(11-9-14)19-12-17(16-6-4-5-7-18(16)22-19)21(25)26-13-20(24)23(2)3/h4-12H,13H2,1-3H3. The zero-order chi connectivity index (χ0) is 18.7. The third-order valence-corrected chi connectivity index (χ3v) is 4.11. The van der Waals surface area contributed by atoms with E-state index in [1.54, 1.807) is 20.2 Å². The van der Waals surface area contributed by atoms with E-state index in [0.29, 0.717) is 22.2 Å². The molecule has 2 aromatic carbocycles. The van der Waals surface area contributed by atoms with Crippen LogP contribution >= 0.6 is 0 Å². The van der Waals surface area contributed by atoms with E-state index in [9.17, 15) is 9.59 Å². The van der Waals surface area contributed by atoms with Crippen LogP contribution < -0.4 is 0 Å². The number of nitrogens with zero attached hydrogens (tertiary/aromatic N) is 2. The molecule has 0 aliphatic heterocycles. The summed E-state index contributed by atoms with van der Waals surface area (Å²) in [7, 11) is 3.24. The molecule has 0 saturated heterocycles. The summed E-state index contributed by atoms with van der Waals surface area (Å²) in [6, 6.07) is 17.1. The smallest absolute Gasteiger partial charge is 0.339 e. The van der Waals surface area contributed by atoms with Crippen molar-refractivity contribution in [2.24, 2.45) is 0 Å². The van der Waals surface area contributed by atoms with E-state index >= 15 is 0 Å². The molecule has 0 bridgehead atoms. The number of pyridine rings is 1. The van der Waals surface area contributed by atoms with Crippen molar-refractivity contribution >= 4 is 22.8 Å². The molecule has 1 heterocycles. The fourth-order valence-corrected chi connectivity index (χ4v) is 2.55. The maximum absolute atomic E-state index is 12.6. The van der Waals surface area contributed by atoms with Crippen molar-refractivity contribution in [2.75, 3.05) is 20.7 Å². The Hall–Kier alpha value is -3.21. The maximum Gasteiger partial charge on any atom is 0.339 e. The molecule has 132 valence electrons. The van der Waals surface area contributed by atoms with Crippen LogP contribution in [0, 0.1) is 6.92 Å². The van der Waals surface area contributed by atoms with Crippen molar-refractivity contribution in [1.82, 2.24) is 9.88 Å². The molecule has 0 spiro atoms. The molecular formula is C21H20N2O3. The largest absolute Gasteiger partial charge is 0.452 e. The number of amides is 1. The Balaban J connectivity index is 2.01. The fraction of sp³-hybridized carbons (Fsp3) is 0.190. The summed E-state index contributed by atoms with van der Waals surface area (Å²) in [5, 5.41) is 0.700. The topological polar surface area (TPSA) is 59.5 Å². The van der Waals surface area contributed by atoms with E-state index < -0.39 is 5.97 Å². The van der Waals surface area contributed by atoms with Crippen LogP contribution in [0.5, 0.6) is 0 Å². The monoisotopic (exact) mass is 348 g/mol. The molecule has 0 radical (unpaired) electrons. The van der Waals surface area contributed by atoms with Gasteiger partial charge in [0.1, 0.15) is 0 Å². The normalized spacial score (nSPS) is 10.6. The second-order valence-corrected chi connectivity index (χ2v) is 6.30. The highest BCUT2D eigenvalue weighted by Gasteiger charge is 2.17. The van der Waals surface area contributed by atoms with Gasteiger partial charge in [0.05, 0.1) is 16.8 Å². The minimum atomic E-state index is -0.535. The van der Waals surface area contributed by atoms with Gasteiger partial charge in [-0.25, -0.2) is 9.78 Å². The number of benzene rings is 2. The lowest BCUT2D eigenvalue weighted by molar-refractivity contribution is -0.131. The van der Waals surface area contributed by atoms with E-state index in [1.165, 1.54) is 4.90 Å². The summed E-state index contributed by atoms with van der Waals surface area (Å²) in [5.41, 5.74) is 3.86. The number of aryl methyl sites for hydroxylation is 1. The summed E-state index contributed by atoms with van der Waals surface area (Å²) in [5.74, 6) is -0.803. The number of para-hydroxylation sites is 1. The number of rotatable bonds is 4. The number of hydrogen-bond acceptors (Lipinski definition) is 4. The van der Waals surface area contributed by atoms with E-state index in [1.807, 2.05) is 55.5 Å². The van der Waals surface area contributed by atoms with Gasteiger partial charge in [-0.05, 0) is 19.1 Å². The quantitative estimate of drug-likeness (QED) is 0.678. The average molecular weight is 348 g/mol. The summed E-state index contributed by atoms with van der Waals surface area (Å²) >= 11 is 0. The van der Waals surface area contributed by atoms with Gasteiger partial charge in [0.2, 0.25) is 0 Å². The van der Waals surface area contributed by atoms with Crippen molar-refractivity contribution in [3.8, 4) is 11.3 Å². The lowest BCUT2D eigenvalue weighted by Gasteiger charge is -2.12. The van der Waals surface area contributed by atoms with Crippen LogP contribution in [-0.2, 0) is 9.53 Å². The van der Waals surface area contributed by atoms with Crippen LogP contribution in [0.2, 0.25) is 0 Å². The molecule has 26 heavy (non-hydrogen) atoms. The molecule has 0 saturated carbocycles. The number of carbonyl (C=O) groups excluding carboxylic acids is 2. The average Bonchev–Trinajstić information content (AvgIpc) is 2.65. The first-order valence-corrected chi connectivity index (χ1v) is 8.30. The second-order valence-electron chi connectivity index (χ2n) is 6.30. The van der Waals surface area contributed by atoms with E-state index in [0.717, 1.165) is 11.1 Å². The van der Waals surface area contributed by atoms with Crippen LogP contribution in [0.1, 0.15) is 15.9 Å². The minimum Gasteiger partial charge on any atom is -0.452 e. The SMILES string of the molecule is Cc1ccc(-c2cc(C(=O)OCC(=O)N(C)C)c3ccccc3n2)cc1. The zero-order valence-electron chi connectivity index (χ0n) is 15.0. The van der Waals surface area contributed by atoms with Crippen LogP contribution in [0.3, 0.4) is 0 Å². The lowest BCUT2D eigenvalue weighted by Crippen LogP contribution is -2.27. The summed E-state index contributed by atoms with van der Waals surface area (Å²) < 4.78 is 5.21. The number of hydrogen-bond donors (Lipinski definition) is 0. The molecule has 5 heteroatoms. The first-order valence-electron chi connectivity index (χ1n) is 8.30. The Morgan fingerprint density at radius 3 is 2.42 bits per heavy atom. The van der Waals surface area contributed by atoms with Crippen molar-refractivity contribution < 1.29 is 14.3 Å². The fourth-order valence-electron chi connectivity index (χ4n) is 2.55. The highest BCUT2D eigenvalue weighted by molar-refractivity contribution is 6.05. The molecule has 0 aliphatic rings. The van der Waals surface area contributed by atoms with E-state index in [2.05, 4.69) is 4.98 Å². The molecule has 3 rings (SSSR count). The molecule has 0 N–H and O–H groups in total. The molecule has 0 unspecified atom stereocenters. The predicted octanol–water partition coefficient (Wildman–Crippen LogP) is 3.46. The van der Waals surface area contributed by atoms with E-state index in [-0.39, 0.29) is 12.5 Å². The van der Waals surface area contributed by atoms with Crippen LogP contribution in [0.25, 0.3) is 22.2 Å². The highest BCUT2D eigenvalue weighted by atomic mass is 16.5. The van der Waals surface area contributed by atoms with Crippen molar-refractivity contribution in [3.63, 3.8) is 0 Å². The van der Waals surface area contributed by atoms with Gasteiger partial charge < -0.3 is 9.64 Å². The number of fused-ring (bicyclic) bond motifs is 1. The van der Waals surface area contributed by atoms with Gasteiger partial charge in [0, 0.05) is 25.0 Å². The first kappa shape index (κ1) is 17.6. The molecule has 1 amide bonds. The van der Waals surface area contributed by atoms with Crippen molar-refractivity contribution in [3.05, 3.63) is 65.7 Å². The van der Waals surface area contributed by atoms with Gasteiger partial charge in [0.15, 0.2) is 6.61 Å². The molecule has 5 nitrogen and oxygen atoms in total. The van der Waals surface area contributed by atoms with Gasteiger partial charge in [-0.3, -0.25) is 4.79 Å². The Labute approximate surface area is 152 Å². The zero-order valence-corrected chi connectivity index (χ0v) is 15.0. The highest BCUT2D eigenvalue weighted by Crippen LogP contribution is 2.25. The number of ether oxygens (including phenoxy) is 1. The number of carbonyl (C=O) groups is 2. The predicted molar refractivity (Wildman–Crippen MR) is 101 cm³/mol. The minimum absolute atomic E-state index is 0.268. The summed E-state index contributed by atoms with van der Waals surface area (Å²) in [6.45, 7) is 1.73. The lowest BCUT2D eigenvalue weighted by atomic mass is 10.0. The number of aromatic nitrogens is 1. The third kappa shape index (κ3) is 3.72. The van der Waals surface area contributed by atoms with Crippen LogP contribution in [-0.4, -0.2) is 42.5 Å². The Kier molecular flexibility index (Phi) is 4.98. The molecule has 3 aromatic rings. The van der Waals surface area contributed by atoms with Gasteiger partial charge in [-0.2, -0.15) is 0 Å². The Morgan fingerprint density at radius 2 is 1.73 bits per heavy atom. The second kappa shape index (κ2) is 7.35. The van der Waals surface area contributed by atoms with Gasteiger partial charge in [-0.15, -0.1) is 0 Å². The summed E-state index contributed by atoms with van der Waals surface area (Å²) in [4.78, 5) is 30.3. The molecule has 0 fully saturated rings. The summed E-state index contributed by atoms with van der Waals surface area (Å²) in [6.07, 6.45) is 0. The first-order chi connectivity index (χ1) is 12.5. The third-order valence-electron chi connectivity index (χ3n) is 4.11. The Bertz CT molecular complexity index is 963. The van der Waals surface area contributed by atoms with Crippen molar-refractivity contribution in [2.45, 2.75) is 6.92 Å². The van der Waals surface area contributed by atoms with Gasteiger partial charge in [0.25, 0.3) is 5.91 Å². The number of esters is 1. The van der Waals surface area contributed by atoms with E-state index in [4.69, 9.17) is 4.74 Å². The molecular weight excluding hydrogens is 328 g/mol. The van der Waals surface area contributed by atoms with Gasteiger partial charge >= 0.3 is 5.97 Å². The van der Waals surface area contributed by atoms with Crippen LogP contribution in [0.15, 0.2) is 54.6 Å².